The lowest BCUT2D eigenvalue weighted by Crippen LogP contribution is -2.48. The molecule has 2 heterocycles. The number of rotatable bonds is 7. The van der Waals surface area contributed by atoms with E-state index in [-0.39, 0.29) is 11.6 Å². The fourth-order valence-electron chi connectivity index (χ4n) is 3.49. The molecule has 7 nitrogen and oxygen atoms in total. The Hall–Kier alpha value is -3.17. The van der Waals surface area contributed by atoms with E-state index in [9.17, 15) is 14.0 Å². The van der Waals surface area contributed by atoms with Gasteiger partial charge in [0.05, 0.1) is 16.9 Å². The largest absolute Gasteiger partial charge is 0.361 e. The van der Waals surface area contributed by atoms with Crippen molar-refractivity contribution in [2.75, 3.05) is 38.0 Å². The van der Waals surface area contributed by atoms with Crippen LogP contribution in [0.15, 0.2) is 64.0 Å². The molecule has 2 amide bonds. The summed E-state index contributed by atoms with van der Waals surface area (Å²) in [5.41, 5.74) is 1.89. The van der Waals surface area contributed by atoms with Crippen LogP contribution in [0.4, 0.5) is 10.1 Å². The molecule has 1 fully saturated rings. The number of thioether (sulfide) groups is 1. The Morgan fingerprint density at radius 3 is 2.50 bits per heavy atom. The number of carbonyl (C=O) groups is 2. The lowest BCUT2D eigenvalue weighted by Gasteiger charge is -2.34. The van der Waals surface area contributed by atoms with E-state index >= 15 is 0 Å². The number of amides is 2. The van der Waals surface area contributed by atoms with Crippen LogP contribution >= 0.6 is 11.8 Å². The number of hydrogen-bond donors (Lipinski definition) is 1. The number of carbonyl (C=O) groups excluding carboxylic acids is 2. The molecule has 0 saturated carbocycles. The van der Waals surface area contributed by atoms with Crippen LogP contribution in [0.3, 0.4) is 0 Å². The Labute approximate surface area is 203 Å². The Kier molecular flexibility index (Phi) is 9.66. The first-order chi connectivity index (χ1) is 16.5. The van der Waals surface area contributed by atoms with Gasteiger partial charge in [0.1, 0.15) is 11.6 Å². The van der Waals surface area contributed by atoms with Gasteiger partial charge in [-0.1, -0.05) is 36.3 Å². The molecule has 1 aliphatic rings. The first-order valence-electron chi connectivity index (χ1n) is 11.1. The first kappa shape index (κ1) is 25.5. The summed E-state index contributed by atoms with van der Waals surface area (Å²) in [6.45, 7) is 8.60. The Morgan fingerprint density at radius 2 is 1.85 bits per heavy atom. The second-order valence-corrected chi connectivity index (χ2v) is 8.70. The van der Waals surface area contributed by atoms with Gasteiger partial charge in [-0.2, -0.15) is 0 Å². The minimum atomic E-state index is -0.422. The van der Waals surface area contributed by atoms with E-state index in [2.05, 4.69) is 22.3 Å². The number of benzene rings is 2. The Morgan fingerprint density at radius 1 is 1.15 bits per heavy atom. The summed E-state index contributed by atoms with van der Waals surface area (Å²) in [6, 6.07) is 15.7. The maximum absolute atomic E-state index is 12.9. The second-order valence-electron chi connectivity index (χ2n) is 7.68. The summed E-state index contributed by atoms with van der Waals surface area (Å²) in [5, 5.41) is 6.24. The van der Waals surface area contributed by atoms with E-state index in [1.54, 1.807) is 23.9 Å². The van der Waals surface area contributed by atoms with Gasteiger partial charge in [0.2, 0.25) is 6.41 Å². The van der Waals surface area contributed by atoms with E-state index in [0.717, 1.165) is 54.6 Å². The molecule has 0 unspecified atom stereocenters. The van der Waals surface area contributed by atoms with Gasteiger partial charge in [-0.25, -0.2) is 4.39 Å². The van der Waals surface area contributed by atoms with Crippen molar-refractivity contribution >= 4 is 29.8 Å². The summed E-state index contributed by atoms with van der Waals surface area (Å²) in [5.74, 6) is 1.22. The van der Waals surface area contributed by atoms with Crippen molar-refractivity contribution in [3.63, 3.8) is 0 Å². The molecular weight excluding hydrogens is 455 g/mol. The summed E-state index contributed by atoms with van der Waals surface area (Å²) in [4.78, 5) is 28.1. The van der Waals surface area contributed by atoms with Crippen LogP contribution in [0.2, 0.25) is 0 Å². The van der Waals surface area contributed by atoms with Crippen LogP contribution in [0.1, 0.15) is 28.7 Å². The van der Waals surface area contributed by atoms with Crippen molar-refractivity contribution in [1.82, 2.24) is 15.0 Å². The van der Waals surface area contributed by atoms with Gasteiger partial charge in [0.25, 0.3) is 5.91 Å². The molecule has 180 valence electrons. The number of hydrogen-bond acceptors (Lipinski definition) is 6. The second kappa shape index (κ2) is 12.9. The molecule has 0 aliphatic carbocycles. The molecule has 0 radical (unpaired) electrons. The van der Waals surface area contributed by atoms with Crippen LogP contribution in [0, 0.1) is 12.7 Å². The summed E-state index contributed by atoms with van der Waals surface area (Å²) in [6.07, 6.45) is 0.443. The normalized spacial score (nSPS) is 13.7. The summed E-state index contributed by atoms with van der Waals surface area (Å²) >= 11 is 1.63. The maximum atomic E-state index is 12.9. The van der Waals surface area contributed by atoms with E-state index in [1.807, 2.05) is 42.2 Å². The van der Waals surface area contributed by atoms with Crippen LogP contribution in [0.25, 0.3) is 0 Å². The first-order valence-corrected chi connectivity index (χ1v) is 12.1. The van der Waals surface area contributed by atoms with E-state index in [1.165, 1.54) is 12.1 Å². The smallest absolute Gasteiger partial charge is 0.255 e. The standard InChI is InChI=1S/C18H23N3O2S.C7H6FNO/c1-3-20-8-10-21(11-9-20)18(22)16-6-4-5-7-17(16)24-13-15-12-14(2)23-19-15;8-6-3-1-2-4-7(6)9-5-10/h4-7,12H,3,8-11,13H2,1-2H3;1-5H,(H,9,10). The minimum Gasteiger partial charge on any atom is -0.361 e. The van der Waals surface area contributed by atoms with Crippen molar-refractivity contribution < 1.29 is 18.5 Å². The van der Waals surface area contributed by atoms with Crippen molar-refractivity contribution in [1.29, 1.82) is 0 Å². The average Bonchev–Trinajstić information content (AvgIpc) is 3.29. The van der Waals surface area contributed by atoms with Crippen molar-refractivity contribution in [2.45, 2.75) is 24.5 Å². The lowest BCUT2D eigenvalue weighted by atomic mass is 10.2. The van der Waals surface area contributed by atoms with Gasteiger partial charge in [-0.3, -0.25) is 9.59 Å². The van der Waals surface area contributed by atoms with E-state index < -0.39 is 5.82 Å². The Bertz CT molecular complexity index is 1080. The highest BCUT2D eigenvalue weighted by atomic mass is 32.2. The van der Waals surface area contributed by atoms with Gasteiger partial charge in [-0.15, -0.1) is 11.8 Å². The number of likely N-dealkylation sites (N-methyl/N-ethyl adjacent to an activating group) is 1. The van der Waals surface area contributed by atoms with Gasteiger partial charge in [0, 0.05) is 42.9 Å². The minimum absolute atomic E-state index is 0.130. The molecular formula is C25H29FN4O3S. The van der Waals surface area contributed by atoms with E-state index in [0.29, 0.717) is 12.2 Å². The van der Waals surface area contributed by atoms with Gasteiger partial charge in [-0.05, 0) is 37.7 Å². The molecule has 1 saturated heterocycles. The molecule has 4 rings (SSSR count). The lowest BCUT2D eigenvalue weighted by molar-refractivity contribution is -0.105. The van der Waals surface area contributed by atoms with Gasteiger partial charge < -0.3 is 19.6 Å². The number of piperazine rings is 1. The highest BCUT2D eigenvalue weighted by molar-refractivity contribution is 7.98. The number of aryl methyl sites for hydroxylation is 1. The Balaban J connectivity index is 0.000000271. The van der Waals surface area contributed by atoms with Crippen LogP contribution < -0.4 is 5.32 Å². The fraction of sp³-hybridized carbons (Fsp3) is 0.320. The topological polar surface area (TPSA) is 78.7 Å². The highest BCUT2D eigenvalue weighted by Crippen LogP contribution is 2.27. The third-order valence-electron chi connectivity index (χ3n) is 5.36. The van der Waals surface area contributed by atoms with Crippen molar-refractivity contribution in [2.24, 2.45) is 0 Å². The number of halogens is 1. The molecule has 0 bridgehead atoms. The van der Waals surface area contributed by atoms with Gasteiger partial charge >= 0.3 is 0 Å². The molecule has 3 aromatic rings. The molecule has 0 atom stereocenters. The predicted molar refractivity (Wildman–Crippen MR) is 131 cm³/mol. The zero-order valence-corrected chi connectivity index (χ0v) is 20.2. The third-order valence-corrected chi connectivity index (χ3v) is 6.47. The SMILES string of the molecule is CCN1CCN(C(=O)c2ccccc2SCc2cc(C)on2)CC1.O=CNc1ccccc1F. The molecule has 1 aliphatic heterocycles. The average molecular weight is 485 g/mol. The fourth-order valence-corrected chi connectivity index (χ4v) is 4.41. The summed E-state index contributed by atoms with van der Waals surface area (Å²) in [7, 11) is 0. The number of aromatic nitrogens is 1. The zero-order valence-electron chi connectivity index (χ0n) is 19.4. The third kappa shape index (κ3) is 7.16. The van der Waals surface area contributed by atoms with E-state index in [4.69, 9.17) is 4.52 Å². The van der Waals surface area contributed by atoms with Crippen LogP contribution in [-0.2, 0) is 10.5 Å². The summed E-state index contributed by atoms with van der Waals surface area (Å²) < 4.78 is 17.7. The molecule has 34 heavy (non-hydrogen) atoms. The quantitative estimate of drug-likeness (QED) is 0.394. The molecule has 2 aromatic carbocycles. The van der Waals surface area contributed by atoms with Crippen molar-refractivity contribution in [3.8, 4) is 0 Å². The number of nitrogens with one attached hydrogen (secondary N) is 1. The predicted octanol–water partition coefficient (Wildman–Crippen LogP) is 4.45. The van der Waals surface area contributed by atoms with Crippen molar-refractivity contribution in [3.05, 3.63) is 77.4 Å². The molecule has 1 N–H and O–H groups in total. The number of nitrogens with zero attached hydrogens (tertiary/aromatic N) is 3. The number of anilines is 1. The molecule has 9 heteroatoms. The molecule has 1 aromatic heterocycles. The van der Waals surface area contributed by atoms with Gasteiger partial charge in [0.15, 0.2) is 0 Å². The molecule has 0 spiro atoms. The maximum Gasteiger partial charge on any atom is 0.255 e. The number of para-hydroxylation sites is 1. The van der Waals surface area contributed by atoms with Crippen LogP contribution in [-0.4, -0.2) is 60.0 Å². The monoisotopic (exact) mass is 484 g/mol. The van der Waals surface area contributed by atoms with Crippen LogP contribution in [0.5, 0.6) is 0 Å². The zero-order chi connectivity index (χ0) is 24.3. The highest BCUT2D eigenvalue weighted by Gasteiger charge is 2.23.